The minimum Gasteiger partial charge on any atom is -0.493 e. The molecule has 0 atom stereocenters. The summed E-state index contributed by atoms with van der Waals surface area (Å²) in [6.45, 7) is 1.75. The molecule has 162 valence electrons. The van der Waals surface area contributed by atoms with Crippen molar-refractivity contribution in [2.24, 2.45) is 0 Å². The molecular formula is C25H20BrFN2O3. The van der Waals surface area contributed by atoms with Crippen LogP contribution in [0.3, 0.4) is 0 Å². The molecule has 0 aliphatic heterocycles. The lowest BCUT2D eigenvalue weighted by molar-refractivity contribution is -0.118. The SMILES string of the molecule is COc1cc(/C=C(/C#N)c2cccc(F)c2)cc(Br)c1OCC(=O)Nc1ccc(C)cc1. The molecule has 1 amide bonds. The molecule has 0 fully saturated rings. The van der Waals surface area contributed by atoms with Gasteiger partial charge in [-0.25, -0.2) is 4.39 Å². The highest BCUT2D eigenvalue weighted by Crippen LogP contribution is 2.37. The molecule has 7 heteroatoms. The van der Waals surface area contributed by atoms with Gasteiger partial charge in [-0.3, -0.25) is 4.79 Å². The Kier molecular flexibility index (Phi) is 7.63. The molecule has 0 aliphatic rings. The molecule has 1 N–H and O–H groups in total. The van der Waals surface area contributed by atoms with Gasteiger partial charge < -0.3 is 14.8 Å². The van der Waals surface area contributed by atoms with E-state index in [1.165, 1.54) is 19.2 Å². The predicted octanol–water partition coefficient (Wildman–Crippen LogP) is 5.99. The van der Waals surface area contributed by atoms with Crippen LogP contribution in [-0.4, -0.2) is 19.6 Å². The van der Waals surface area contributed by atoms with Crippen molar-refractivity contribution in [3.63, 3.8) is 0 Å². The molecule has 0 heterocycles. The predicted molar refractivity (Wildman–Crippen MR) is 126 cm³/mol. The molecule has 0 aliphatic carbocycles. The van der Waals surface area contributed by atoms with Crippen LogP contribution in [0, 0.1) is 24.1 Å². The Bertz CT molecular complexity index is 1200. The summed E-state index contributed by atoms with van der Waals surface area (Å²) in [5, 5.41) is 12.3. The number of nitrogens with one attached hydrogen (secondary N) is 1. The van der Waals surface area contributed by atoms with E-state index < -0.39 is 5.82 Å². The molecule has 3 aromatic carbocycles. The monoisotopic (exact) mass is 494 g/mol. The van der Waals surface area contributed by atoms with E-state index in [1.807, 2.05) is 31.2 Å². The van der Waals surface area contributed by atoms with Gasteiger partial charge >= 0.3 is 0 Å². The highest BCUT2D eigenvalue weighted by molar-refractivity contribution is 9.10. The van der Waals surface area contributed by atoms with Gasteiger partial charge in [-0.2, -0.15) is 5.26 Å². The van der Waals surface area contributed by atoms with E-state index in [-0.39, 0.29) is 12.5 Å². The van der Waals surface area contributed by atoms with Gasteiger partial charge in [0.15, 0.2) is 18.1 Å². The maximum atomic E-state index is 13.5. The number of nitrogens with zero attached hydrogens (tertiary/aromatic N) is 1. The number of methoxy groups -OCH3 is 1. The van der Waals surface area contributed by atoms with E-state index in [0.29, 0.717) is 38.4 Å². The average molecular weight is 495 g/mol. The highest BCUT2D eigenvalue weighted by Gasteiger charge is 2.14. The van der Waals surface area contributed by atoms with Crippen LogP contribution >= 0.6 is 15.9 Å². The van der Waals surface area contributed by atoms with Crippen molar-refractivity contribution in [1.29, 1.82) is 5.26 Å². The van der Waals surface area contributed by atoms with Crippen molar-refractivity contribution < 1.29 is 18.7 Å². The van der Waals surface area contributed by atoms with E-state index in [0.717, 1.165) is 5.56 Å². The van der Waals surface area contributed by atoms with E-state index in [2.05, 4.69) is 27.3 Å². The number of hydrogen-bond acceptors (Lipinski definition) is 4. The lowest BCUT2D eigenvalue weighted by Gasteiger charge is -2.14. The molecule has 3 aromatic rings. The lowest BCUT2D eigenvalue weighted by Crippen LogP contribution is -2.20. The van der Waals surface area contributed by atoms with Crippen molar-refractivity contribution >= 4 is 39.2 Å². The van der Waals surface area contributed by atoms with E-state index >= 15 is 0 Å². The lowest BCUT2D eigenvalue weighted by atomic mass is 10.0. The van der Waals surface area contributed by atoms with Gasteiger partial charge in [-0.1, -0.05) is 29.8 Å². The third-order valence-corrected chi connectivity index (χ3v) is 5.09. The number of amides is 1. The zero-order chi connectivity index (χ0) is 23.1. The topological polar surface area (TPSA) is 71.3 Å². The third-order valence-electron chi connectivity index (χ3n) is 4.50. The number of allylic oxidation sites excluding steroid dienone is 1. The molecular weight excluding hydrogens is 475 g/mol. The van der Waals surface area contributed by atoms with Gasteiger partial charge in [0.2, 0.25) is 0 Å². The molecule has 0 saturated carbocycles. The van der Waals surface area contributed by atoms with Gasteiger partial charge in [0.1, 0.15) is 5.82 Å². The summed E-state index contributed by atoms with van der Waals surface area (Å²) < 4.78 is 25.2. The van der Waals surface area contributed by atoms with Crippen LogP contribution in [-0.2, 0) is 4.79 Å². The van der Waals surface area contributed by atoms with Crippen LogP contribution in [0.5, 0.6) is 11.5 Å². The molecule has 0 bridgehead atoms. The molecule has 0 aromatic heterocycles. The number of rotatable bonds is 7. The van der Waals surface area contributed by atoms with Crippen LogP contribution in [0.15, 0.2) is 65.1 Å². The highest BCUT2D eigenvalue weighted by atomic mass is 79.9. The number of halogens is 2. The Hall–Kier alpha value is -3.63. The minimum absolute atomic E-state index is 0.217. The Morgan fingerprint density at radius 2 is 1.94 bits per heavy atom. The molecule has 32 heavy (non-hydrogen) atoms. The summed E-state index contributed by atoms with van der Waals surface area (Å²) in [5.41, 5.74) is 3.18. The third kappa shape index (κ3) is 5.96. The fraction of sp³-hybridized carbons (Fsp3) is 0.120. The minimum atomic E-state index is -0.421. The maximum absolute atomic E-state index is 13.5. The molecule has 5 nitrogen and oxygen atoms in total. The first-order valence-electron chi connectivity index (χ1n) is 9.64. The molecule has 0 unspecified atom stereocenters. The van der Waals surface area contributed by atoms with Crippen molar-refractivity contribution in [3.05, 3.63) is 87.6 Å². The second kappa shape index (κ2) is 10.6. The van der Waals surface area contributed by atoms with Gasteiger partial charge in [0.25, 0.3) is 5.91 Å². The first-order chi connectivity index (χ1) is 15.4. The van der Waals surface area contributed by atoms with E-state index in [9.17, 15) is 14.4 Å². The Morgan fingerprint density at radius 3 is 2.59 bits per heavy atom. The van der Waals surface area contributed by atoms with E-state index in [4.69, 9.17) is 9.47 Å². The van der Waals surface area contributed by atoms with Crippen LogP contribution in [0.4, 0.5) is 10.1 Å². The van der Waals surface area contributed by atoms with Crippen LogP contribution < -0.4 is 14.8 Å². The summed E-state index contributed by atoms with van der Waals surface area (Å²) in [5.74, 6) is -0.00187. The normalized spacial score (nSPS) is 10.9. The summed E-state index contributed by atoms with van der Waals surface area (Å²) in [4.78, 5) is 12.2. The largest absolute Gasteiger partial charge is 0.493 e. The maximum Gasteiger partial charge on any atom is 0.262 e. The second-order valence-electron chi connectivity index (χ2n) is 6.92. The molecule has 0 radical (unpaired) electrons. The van der Waals surface area contributed by atoms with Gasteiger partial charge in [0, 0.05) is 5.69 Å². The van der Waals surface area contributed by atoms with Crippen LogP contribution in [0.25, 0.3) is 11.6 Å². The van der Waals surface area contributed by atoms with Crippen molar-refractivity contribution in [2.45, 2.75) is 6.92 Å². The number of carbonyl (C=O) groups is 1. The fourth-order valence-electron chi connectivity index (χ4n) is 2.94. The van der Waals surface area contributed by atoms with Crippen molar-refractivity contribution in [2.75, 3.05) is 19.0 Å². The average Bonchev–Trinajstić information content (AvgIpc) is 2.78. The number of anilines is 1. The molecule has 0 spiro atoms. The zero-order valence-electron chi connectivity index (χ0n) is 17.5. The molecule has 3 rings (SSSR count). The number of ether oxygens (including phenoxy) is 2. The van der Waals surface area contributed by atoms with Gasteiger partial charge in [-0.05, 0) is 76.5 Å². The number of carbonyl (C=O) groups excluding carboxylic acids is 1. The van der Waals surface area contributed by atoms with Crippen LogP contribution in [0.2, 0.25) is 0 Å². The number of aryl methyl sites for hydroxylation is 1. The summed E-state index contributed by atoms with van der Waals surface area (Å²) in [6, 6.07) is 18.8. The van der Waals surface area contributed by atoms with Gasteiger partial charge in [0.05, 0.1) is 23.2 Å². The number of nitriles is 1. The zero-order valence-corrected chi connectivity index (χ0v) is 19.1. The summed E-state index contributed by atoms with van der Waals surface area (Å²) in [6.07, 6.45) is 1.62. The quantitative estimate of drug-likeness (QED) is 0.323. The first kappa shape index (κ1) is 23.0. The smallest absolute Gasteiger partial charge is 0.262 e. The van der Waals surface area contributed by atoms with Crippen molar-refractivity contribution in [1.82, 2.24) is 0 Å². The molecule has 0 saturated heterocycles. The Balaban J connectivity index is 1.78. The summed E-state index contributed by atoms with van der Waals surface area (Å²) >= 11 is 3.43. The number of hydrogen-bond donors (Lipinski definition) is 1. The number of benzene rings is 3. The first-order valence-corrected chi connectivity index (χ1v) is 10.4. The van der Waals surface area contributed by atoms with Crippen LogP contribution in [0.1, 0.15) is 16.7 Å². The fourth-order valence-corrected chi connectivity index (χ4v) is 3.51. The van der Waals surface area contributed by atoms with E-state index in [1.54, 1.807) is 30.3 Å². The standard InChI is InChI=1S/C25H20BrFN2O3/c1-16-6-8-21(9-7-16)29-24(30)15-32-25-22(26)11-17(12-23(25)31-2)10-19(14-28)18-4-3-5-20(27)13-18/h3-13H,15H2,1-2H3,(H,29,30)/b19-10-. The van der Waals surface area contributed by atoms with Crippen molar-refractivity contribution in [3.8, 4) is 17.6 Å². The summed E-state index contributed by atoms with van der Waals surface area (Å²) in [7, 11) is 1.48. The Morgan fingerprint density at radius 1 is 1.19 bits per heavy atom. The Labute approximate surface area is 194 Å². The second-order valence-corrected chi connectivity index (χ2v) is 7.77. The van der Waals surface area contributed by atoms with Gasteiger partial charge in [-0.15, -0.1) is 0 Å².